The minimum atomic E-state index is -2.50. The van der Waals surface area contributed by atoms with Gasteiger partial charge < -0.3 is 0 Å². The van der Waals surface area contributed by atoms with E-state index in [1.54, 1.807) is 30.5 Å². The van der Waals surface area contributed by atoms with Crippen LogP contribution < -0.4 is 5.56 Å². The molecular formula is C22H22ClFN2O3S. The topological polar surface area (TPSA) is 69.0 Å². The second kappa shape index (κ2) is 9.53. The van der Waals surface area contributed by atoms with E-state index in [9.17, 15) is 17.6 Å². The normalized spacial score (nSPS) is 11.4. The van der Waals surface area contributed by atoms with Crippen molar-refractivity contribution < 1.29 is 12.8 Å². The Hall–Kier alpha value is -2.51. The molecule has 30 heavy (non-hydrogen) atoms. The van der Waals surface area contributed by atoms with E-state index in [1.165, 1.54) is 22.9 Å². The Morgan fingerprint density at radius 1 is 1.13 bits per heavy atom. The van der Waals surface area contributed by atoms with Gasteiger partial charge in [-0.2, -0.15) is 9.78 Å². The van der Waals surface area contributed by atoms with Gasteiger partial charge in [-0.15, -0.1) is 0 Å². The molecule has 0 atom stereocenters. The number of thiol groups is 1. The standard InChI is InChI=1S/C22H22ClFN2O3S/c1-14(2)3-9-18-19(16-6-4-15(5-7-16)13-30(28)29)12-25-26(22(18)27)17-8-10-21(24)20(23)11-17/h4-8,10-12,14,30H,3,9,13H2,1-2H3. The lowest BCUT2D eigenvalue weighted by atomic mass is 9.96. The van der Waals surface area contributed by atoms with Gasteiger partial charge in [0.05, 0.1) is 22.7 Å². The Morgan fingerprint density at radius 2 is 1.83 bits per heavy atom. The Kier molecular flexibility index (Phi) is 7.05. The molecule has 8 heteroatoms. The third kappa shape index (κ3) is 5.15. The zero-order valence-electron chi connectivity index (χ0n) is 16.6. The van der Waals surface area contributed by atoms with E-state index in [1.807, 2.05) is 0 Å². The van der Waals surface area contributed by atoms with Gasteiger partial charge in [0.15, 0.2) is 0 Å². The molecule has 158 valence electrons. The molecule has 5 nitrogen and oxygen atoms in total. The molecule has 1 aromatic heterocycles. The lowest BCUT2D eigenvalue weighted by Crippen LogP contribution is -2.26. The molecule has 3 aromatic rings. The van der Waals surface area contributed by atoms with Gasteiger partial charge in [0.1, 0.15) is 16.5 Å². The van der Waals surface area contributed by atoms with Crippen LogP contribution >= 0.6 is 11.6 Å². The third-order valence-corrected chi connectivity index (χ3v) is 5.69. The number of hydrogen-bond acceptors (Lipinski definition) is 4. The molecule has 0 fully saturated rings. The van der Waals surface area contributed by atoms with Gasteiger partial charge in [-0.3, -0.25) is 4.79 Å². The molecular weight excluding hydrogens is 427 g/mol. The maximum Gasteiger partial charge on any atom is 0.275 e. The second-order valence-electron chi connectivity index (χ2n) is 7.47. The molecule has 0 aliphatic carbocycles. The van der Waals surface area contributed by atoms with Crippen LogP contribution in [0.3, 0.4) is 0 Å². The van der Waals surface area contributed by atoms with E-state index in [-0.39, 0.29) is 16.3 Å². The largest absolute Gasteiger partial charge is 0.275 e. The minimum absolute atomic E-state index is 0.0268. The summed E-state index contributed by atoms with van der Waals surface area (Å²) in [4.78, 5) is 13.3. The molecule has 0 unspecified atom stereocenters. The Balaban J connectivity index is 2.09. The molecule has 3 rings (SSSR count). The SMILES string of the molecule is CC(C)CCc1c(-c2ccc(C[SH](=O)=O)cc2)cnn(-c2ccc(F)c(Cl)c2)c1=O. The highest BCUT2D eigenvalue weighted by Gasteiger charge is 2.15. The Labute approximate surface area is 181 Å². The summed E-state index contributed by atoms with van der Waals surface area (Å²) in [6.45, 7) is 4.16. The van der Waals surface area contributed by atoms with Crippen LogP contribution in [-0.2, 0) is 22.9 Å². The zero-order valence-corrected chi connectivity index (χ0v) is 18.3. The van der Waals surface area contributed by atoms with Gasteiger partial charge in [-0.1, -0.05) is 49.7 Å². The molecule has 0 radical (unpaired) electrons. The summed E-state index contributed by atoms with van der Waals surface area (Å²) in [5.41, 5.74) is 2.86. The molecule has 2 aromatic carbocycles. The third-order valence-electron chi connectivity index (χ3n) is 4.77. The van der Waals surface area contributed by atoms with Crippen LogP contribution in [0.5, 0.6) is 0 Å². The molecule has 0 N–H and O–H groups in total. The van der Waals surface area contributed by atoms with Gasteiger partial charge in [0.25, 0.3) is 5.56 Å². The number of benzene rings is 2. The first kappa shape index (κ1) is 22.2. The summed E-state index contributed by atoms with van der Waals surface area (Å²) in [5.74, 6) is -0.194. The molecule has 0 bridgehead atoms. The molecule has 0 saturated carbocycles. The molecule has 1 heterocycles. The molecule has 0 spiro atoms. The van der Waals surface area contributed by atoms with Gasteiger partial charge in [-0.05, 0) is 48.1 Å². The number of hydrogen-bond donors (Lipinski definition) is 1. The van der Waals surface area contributed by atoms with Crippen molar-refractivity contribution in [2.24, 2.45) is 5.92 Å². The zero-order chi connectivity index (χ0) is 21.8. The fraction of sp³-hybridized carbons (Fsp3) is 0.273. The van der Waals surface area contributed by atoms with Crippen molar-refractivity contribution in [1.29, 1.82) is 0 Å². The van der Waals surface area contributed by atoms with E-state index in [2.05, 4.69) is 18.9 Å². The van der Waals surface area contributed by atoms with Crippen LogP contribution in [0.15, 0.2) is 53.5 Å². The Bertz CT molecular complexity index is 1180. The van der Waals surface area contributed by atoms with Gasteiger partial charge in [-0.25, -0.2) is 12.8 Å². The fourth-order valence-electron chi connectivity index (χ4n) is 3.15. The number of aromatic nitrogens is 2. The van der Waals surface area contributed by atoms with Crippen LogP contribution in [0.25, 0.3) is 16.8 Å². The number of nitrogens with zero attached hydrogens (tertiary/aromatic N) is 2. The van der Waals surface area contributed by atoms with E-state index in [0.717, 1.165) is 12.0 Å². The maximum atomic E-state index is 13.5. The van der Waals surface area contributed by atoms with E-state index in [4.69, 9.17) is 11.6 Å². The molecule has 0 aliphatic heterocycles. The summed E-state index contributed by atoms with van der Waals surface area (Å²) in [5, 5.41) is 4.20. The summed E-state index contributed by atoms with van der Waals surface area (Å²) in [6, 6.07) is 11.1. The van der Waals surface area contributed by atoms with E-state index in [0.29, 0.717) is 34.7 Å². The second-order valence-corrected chi connectivity index (χ2v) is 8.86. The van der Waals surface area contributed by atoms with Crippen LogP contribution in [0, 0.1) is 11.7 Å². The van der Waals surface area contributed by atoms with Crippen molar-refractivity contribution >= 4 is 22.3 Å². The predicted octanol–water partition coefficient (Wildman–Crippen LogP) is 4.39. The van der Waals surface area contributed by atoms with E-state index >= 15 is 0 Å². The highest BCUT2D eigenvalue weighted by molar-refractivity contribution is 7.71. The Morgan fingerprint density at radius 3 is 2.43 bits per heavy atom. The minimum Gasteiger partial charge on any atom is -0.267 e. The summed E-state index contributed by atoms with van der Waals surface area (Å²) in [6.07, 6.45) is 2.97. The first-order valence-corrected chi connectivity index (χ1v) is 11.3. The van der Waals surface area contributed by atoms with Crippen LogP contribution in [0.1, 0.15) is 31.4 Å². The van der Waals surface area contributed by atoms with Crippen molar-refractivity contribution in [2.75, 3.05) is 0 Å². The van der Waals surface area contributed by atoms with Crippen molar-refractivity contribution in [3.05, 3.63) is 81.0 Å². The highest BCUT2D eigenvalue weighted by atomic mass is 35.5. The first-order valence-electron chi connectivity index (χ1n) is 9.54. The predicted molar refractivity (Wildman–Crippen MR) is 117 cm³/mol. The molecule has 0 saturated heterocycles. The maximum absolute atomic E-state index is 13.5. The number of rotatable bonds is 7. The summed E-state index contributed by atoms with van der Waals surface area (Å²) < 4.78 is 36.6. The fourth-order valence-corrected chi connectivity index (χ4v) is 3.84. The average Bonchev–Trinajstić information content (AvgIpc) is 2.69. The summed E-state index contributed by atoms with van der Waals surface area (Å²) >= 11 is 5.88. The van der Waals surface area contributed by atoms with E-state index < -0.39 is 16.5 Å². The van der Waals surface area contributed by atoms with Gasteiger partial charge in [0.2, 0.25) is 0 Å². The van der Waals surface area contributed by atoms with Crippen molar-refractivity contribution in [1.82, 2.24) is 9.78 Å². The van der Waals surface area contributed by atoms with Crippen LogP contribution in [-0.4, -0.2) is 18.2 Å². The van der Waals surface area contributed by atoms with Crippen molar-refractivity contribution in [3.63, 3.8) is 0 Å². The monoisotopic (exact) mass is 448 g/mol. The van der Waals surface area contributed by atoms with Crippen molar-refractivity contribution in [3.8, 4) is 16.8 Å². The average molecular weight is 449 g/mol. The number of halogens is 2. The van der Waals surface area contributed by atoms with Crippen LogP contribution in [0.2, 0.25) is 5.02 Å². The summed E-state index contributed by atoms with van der Waals surface area (Å²) in [7, 11) is -2.50. The first-order chi connectivity index (χ1) is 14.3. The molecule has 0 aliphatic rings. The quantitative estimate of drug-likeness (QED) is 0.544. The van der Waals surface area contributed by atoms with Crippen LogP contribution in [0.4, 0.5) is 4.39 Å². The highest BCUT2D eigenvalue weighted by Crippen LogP contribution is 2.25. The lowest BCUT2D eigenvalue weighted by molar-refractivity contribution is 0.582. The molecule has 0 amide bonds. The van der Waals surface area contributed by atoms with Gasteiger partial charge >= 0.3 is 0 Å². The van der Waals surface area contributed by atoms with Crippen molar-refractivity contribution in [2.45, 2.75) is 32.4 Å². The van der Waals surface area contributed by atoms with Gasteiger partial charge in [0, 0.05) is 11.1 Å². The lowest BCUT2D eigenvalue weighted by Gasteiger charge is -2.14. The smallest absolute Gasteiger partial charge is 0.267 e.